The number of carbonyl (C=O) groups is 1. The molecular weight excluding hydrogens is 330 g/mol. The smallest absolute Gasteiger partial charge is 0.254 e. The van der Waals surface area contributed by atoms with Gasteiger partial charge < -0.3 is 10.5 Å². The van der Waals surface area contributed by atoms with Gasteiger partial charge in [0.15, 0.2) is 0 Å². The molecule has 0 saturated carbocycles. The van der Waals surface area contributed by atoms with Gasteiger partial charge in [-0.2, -0.15) is 9.50 Å². The maximum atomic E-state index is 11.9. The van der Waals surface area contributed by atoms with Crippen LogP contribution < -0.4 is 10.5 Å². The van der Waals surface area contributed by atoms with Gasteiger partial charge in [-0.1, -0.05) is 0 Å². The molecule has 0 aliphatic carbocycles. The van der Waals surface area contributed by atoms with Crippen molar-refractivity contribution in [1.82, 2.24) is 19.6 Å². The highest BCUT2D eigenvalue weighted by Gasteiger charge is 2.21. The van der Waals surface area contributed by atoms with Crippen LogP contribution in [0.1, 0.15) is 29.9 Å². The van der Waals surface area contributed by atoms with Crippen molar-refractivity contribution in [3.8, 4) is 17.0 Å². The highest BCUT2D eigenvalue weighted by atomic mass is 35.5. The van der Waals surface area contributed by atoms with Crippen molar-refractivity contribution in [1.29, 1.82) is 0 Å². The SMILES string of the molecule is Cc1nc2nc(Cl)nn2c(-c2ccc(OC(C)C)cc2)c1C(N)=O. The number of rotatable bonds is 4. The molecule has 3 rings (SSSR count). The fraction of sp³-hybridized carbons (Fsp3) is 0.250. The van der Waals surface area contributed by atoms with Crippen LogP contribution in [-0.4, -0.2) is 31.6 Å². The van der Waals surface area contributed by atoms with Gasteiger partial charge in [0, 0.05) is 5.56 Å². The Kier molecular flexibility index (Phi) is 4.11. The van der Waals surface area contributed by atoms with Gasteiger partial charge in [-0.3, -0.25) is 4.79 Å². The Morgan fingerprint density at radius 1 is 1.25 bits per heavy atom. The lowest BCUT2D eigenvalue weighted by Crippen LogP contribution is -2.18. The first kappa shape index (κ1) is 16.2. The summed E-state index contributed by atoms with van der Waals surface area (Å²) < 4.78 is 7.06. The monoisotopic (exact) mass is 345 g/mol. The molecule has 7 nitrogen and oxygen atoms in total. The topological polar surface area (TPSA) is 95.4 Å². The molecule has 2 heterocycles. The van der Waals surface area contributed by atoms with E-state index in [0.717, 1.165) is 11.3 Å². The molecule has 2 aromatic heterocycles. The van der Waals surface area contributed by atoms with Crippen LogP contribution in [-0.2, 0) is 0 Å². The lowest BCUT2D eigenvalue weighted by molar-refractivity contribution is 0.0999. The van der Waals surface area contributed by atoms with Crippen LogP contribution >= 0.6 is 11.6 Å². The predicted octanol–water partition coefficient (Wildman–Crippen LogP) is 2.64. The molecule has 3 aromatic rings. The number of nitrogens with two attached hydrogens (primary N) is 1. The Hall–Kier alpha value is -2.67. The van der Waals surface area contributed by atoms with E-state index >= 15 is 0 Å². The first-order chi connectivity index (χ1) is 11.4. The van der Waals surface area contributed by atoms with Crippen molar-refractivity contribution in [2.45, 2.75) is 26.9 Å². The minimum absolute atomic E-state index is 0.0459. The van der Waals surface area contributed by atoms with E-state index in [0.29, 0.717) is 17.2 Å². The summed E-state index contributed by atoms with van der Waals surface area (Å²) in [6.07, 6.45) is 0.0704. The number of aromatic nitrogens is 4. The van der Waals surface area contributed by atoms with Gasteiger partial charge in [-0.05, 0) is 56.6 Å². The second kappa shape index (κ2) is 6.09. The molecule has 2 N–H and O–H groups in total. The van der Waals surface area contributed by atoms with E-state index < -0.39 is 5.91 Å². The second-order valence-corrected chi connectivity index (χ2v) is 5.91. The number of amides is 1. The van der Waals surface area contributed by atoms with Crippen LogP contribution in [0.25, 0.3) is 17.0 Å². The van der Waals surface area contributed by atoms with Crippen molar-refractivity contribution in [3.05, 3.63) is 40.8 Å². The van der Waals surface area contributed by atoms with Gasteiger partial charge in [0.2, 0.25) is 5.28 Å². The maximum Gasteiger partial charge on any atom is 0.254 e. The molecule has 0 aliphatic heterocycles. The number of nitrogens with zero attached hydrogens (tertiary/aromatic N) is 4. The van der Waals surface area contributed by atoms with Crippen LogP contribution in [0.4, 0.5) is 0 Å². The number of hydrogen-bond acceptors (Lipinski definition) is 5. The summed E-state index contributed by atoms with van der Waals surface area (Å²) in [5.74, 6) is 0.444. The number of hydrogen-bond donors (Lipinski definition) is 1. The van der Waals surface area contributed by atoms with E-state index in [2.05, 4.69) is 15.1 Å². The molecule has 124 valence electrons. The van der Waals surface area contributed by atoms with E-state index in [-0.39, 0.29) is 17.0 Å². The molecule has 1 amide bonds. The fourth-order valence-corrected chi connectivity index (χ4v) is 2.66. The number of benzene rings is 1. The molecular formula is C16H16ClN5O2. The highest BCUT2D eigenvalue weighted by Crippen LogP contribution is 2.28. The zero-order chi connectivity index (χ0) is 17.4. The van der Waals surface area contributed by atoms with E-state index in [1.54, 1.807) is 6.92 Å². The summed E-state index contributed by atoms with van der Waals surface area (Å²) in [5.41, 5.74) is 7.53. The van der Waals surface area contributed by atoms with Gasteiger partial charge in [-0.25, -0.2) is 4.98 Å². The van der Waals surface area contributed by atoms with Crippen molar-refractivity contribution >= 4 is 23.3 Å². The Balaban J connectivity index is 2.23. The van der Waals surface area contributed by atoms with Gasteiger partial charge >= 0.3 is 0 Å². The van der Waals surface area contributed by atoms with Crippen LogP contribution in [0.2, 0.25) is 5.28 Å². The average molecular weight is 346 g/mol. The molecule has 8 heteroatoms. The average Bonchev–Trinajstić information content (AvgIpc) is 2.85. The van der Waals surface area contributed by atoms with E-state index in [4.69, 9.17) is 22.1 Å². The number of ether oxygens (including phenoxy) is 1. The minimum Gasteiger partial charge on any atom is -0.491 e. The number of aryl methyl sites for hydroxylation is 1. The standard InChI is InChI=1S/C16H16ClN5O2/c1-8(2)24-11-6-4-10(5-7-11)13-12(14(18)23)9(3)19-16-20-15(17)21-22(13)16/h4-8H,1-3H3,(H2,18,23). The van der Waals surface area contributed by atoms with Crippen LogP contribution in [0, 0.1) is 6.92 Å². The Labute approximate surface area is 143 Å². The van der Waals surface area contributed by atoms with E-state index in [1.807, 2.05) is 38.1 Å². The molecule has 0 spiro atoms. The summed E-state index contributed by atoms with van der Waals surface area (Å²) >= 11 is 5.89. The minimum atomic E-state index is -0.592. The molecule has 1 aromatic carbocycles. The maximum absolute atomic E-state index is 11.9. The van der Waals surface area contributed by atoms with Crippen molar-refractivity contribution in [2.75, 3.05) is 0 Å². The third-order valence-electron chi connectivity index (χ3n) is 3.39. The molecule has 24 heavy (non-hydrogen) atoms. The first-order valence-corrected chi connectivity index (χ1v) is 7.74. The number of primary amides is 1. The lowest BCUT2D eigenvalue weighted by atomic mass is 10.0. The van der Waals surface area contributed by atoms with Crippen molar-refractivity contribution < 1.29 is 9.53 Å². The zero-order valence-electron chi connectivity index (χ0n) is 13.4. The van der Waals surface area contributed by atoms with E-state index in [1.165, 1.54) is 4.52 Å². The molecule has 0 bridgehead atoms. The Morgan fingerprint density at radius 2 is 1.92 bits per heavy atom. The largest absolute Gasteiger partial charge is 0.491 e. The van der Waals surface area contributed by atoms with Gasteiger partial charge in [0.05, 0.1) is 23.1 Å². The van der Waals surface area contributed by atoms with Crippen molar-refractivity contribution in [3.63, 3.8) is 0 Å². The summed E-state index contributed by atoms with van der Waals surface area (Å²) in [7, 11) is 0. The van der Waals surface area contributed by atoms with Gasteiger partial charge in [-0.15, -0.1) is 5.10 Å². The summed E-state index contributed by atoms with van der Waals surface area (Å²) in [5, 5.41) is 4.16. The first-order valence-electron chi connectivity index (χ1n) is 7.36. The molecule has 0 atom stereocenters. The molecule has 0 saturated heterocycles. The summed E-state index contributed by atoms with van der Waals surface area (Å²) in [4.78, 5) is 20.2. The van der Waals surface area contributed by atoms with Crippen LogP contribution in [0.3, 0.4) is 0 Å². The lowest BCUT2D eigenvalue weighted by Gasteiger charge is -2.13. The molecule has 0 unspecified atom stereocenters. The molecule has 0 fully saturated rings. The zero-order valence-corrected chi connectivity index (χ0v) is 14.2. The normalized spacial score (nSPS) is 11.2. The van der Waals surface area contributed by atoms with Gasteiger partial charge in [0.1, 0.15) is 5.75 Å². The van der Waals surface area contributed by atoms with E-state index in [9.17, 15) is 4.79 Å². The predicted molar refractivity (Wildman–Crippen MR) is 90.2 cm³/mol. The third-order valence-corrected chi connectivity index (χ3v) is 3.55. The third kappa shape index (κ3) is 2.90. The highest BCUT2D eigenvalue weighted by molar-refractivity contribution is 6.28. The van der Waals surface area contributed by atoms with Gasteiger partial charge in [0.25, 0.3) is 11.7 Å². The summed E-state index contributed by atoms with van der Waals surface area (Å²) in [6, 6.07) is 7.29. The Morgan fingerprint density at radius 3 is 2.50 bits per heavy atom. The Bertz CT molecular complexity index is 918. The number of halogens is 1. The second-order valence-electron chi connectivity index (χ2n) is 5.57. The van der Waals surface area contributed by atoms with Crippen LogP contribution in [0.5, 0.6) is 5.75 Å². The number of carbonyl (C=O) groups excluding carboxylic acids is 1. The summed E-state index contributed by atoms with van der Waals surface area (Å²) in [6.45, 7) is 5.60. The number of fused-ring (bicyclic) bond motifs is 1. The molecule has 0 aliphatic rings. The quantitative estimate of drug-likeness (QED) is 0.784. The van der Waals surface area contributed by atoms with Crippen molar-refractivity contribution in [2.24, 2.45) is 5.73 Å². The van der Waals surface area contributed by atoms with Crippen LogP contribution in [0.15, 0.2) is 24.3 Å². The fourth-order valence-electron chi connectivity index (χ4n) is 2.51. The molecule has 0 radical (unpaired) electrons.